The van der Waals surface area contributed by atoms with Crippen molar-refractivity contribution in [3.8, 4) is 17.3 Å². The molecule has 2 aromatic heterocycles. The van der Waals surface area contributed by atoms with Crippen molar-refractivity contribution in [2.24, 2.45) is 7.05 Å². The van der Waals surface area contributed by atoms with E-state index in [0.717, 1.165) is 11.1 Å². The molecule has 0 amide bonds. The number of rotatable bonds is 4. The lowest BCUT2D eigenvalue weighted by molar-refractivity contribution is 0.601. The largest absolute Gasteiger partial charge is 0.356 e. The van der Waals surface area contributed by atoms with E-state index in [0.29, 0.717) is 16.9 Å². The van der Waals surface area contributed by atoms with Crippen molar-refractivity contribution in [2.75, 3.05) is 4.72 Å². The molecule has 0 fully saturated rings. The SMILES string of the molecule is Cc1ccc(-c2ccc(C#N)cn2)cc1NS(=O)(=O)c1ccn(C)c1. The monoisotopic (exact) mass is 352 g/mol. The first kappa shape index (κ1) is 16.7. The first-order chi connectivity index (χ1) is 11.9. The van der Waals surface area contributed by atoms with Crippen LogP contribution in [0.2, 0.25) is 0 Å². The summed E-state index contributed by atoms with van der Waals surface area (Å²) in [4.78, 5) is 4.45. The fourth-order valence-corrected chi connectivity index (χ4v) is 3.53. The summed E-state index contributed by atoms with van der Waals surface area (Å²) in [5, 5.41) is 8.85. The molecule has 0 aliphatic heterocycles. The van der Waals surface area contributed by atoms with Crippen LogP contribution in [-0.4, -0.2) is 18.0 Å². The summed E-state index contributed by atoms with van der Waals surface area (Å²) in [6, 6.07) is 12.4. The van der Waals surface area contributed by atoms with E-state index in [1.165, 1.54) is 6.20 Å². The Labute approximate surface area is 146 Å². The van der Waals surface area contributed by atoms with Crippen molar-refractivity contribution >= 4 is 15.7 Å². The highest BCUT2D eigenvalue weighted by molar-refractivity contribution is 7.92. The second-order valence-corrected chi connectivity index (χ2v) is 7.37. The lowest BCUT2D eigenvalue weighted by atomic mass is 10.1. The van der Waals surface area contributed by atoms with Crippen LogP contribution >= 0.6 is 0 Å². The molecule has 3 aromatic rings. The average Bonchev–Trinajstić information content (AvgIpc) is 3.04. The molecule has 0 atom stereocenters. The van der Waals surface area contributed by atoms with E-state index in [4.69, 9.17) is 5.26 Å². The van der Waals surface area contributed by atoms with Gasteiger partial charge in [-0.1, -0.05) is 12.1 Å². The van der Waals surface area contributed by atoms with Gasteiger partial charge in [-0.3, -0.25) is 9.71 Å². The third-order valence-electron chi connectivity index (χ3n) is 3.79. The highest BCUT2D eigenvalue weighted by atomic mass is 32.2. The van der Waals surface area contributed by atoms with Gasteiger partial charge in [0.15, 0.2) is 0 Å². The molecule has 3 rings (SSSR count). The first-order valence-corrected chi connectivity index (χ1v) is 8.99. The van der Waals surface area contributed by atoms with Crippen molar-refractivity contribution in [1.29, 1.82) is 5.26 Å². The van der Waals surface area contributed by atoms with Crippen molar-refractivity contribution in [1.82, 2.24) is 9.55 Å². The molecule has 1 aromatic carbocycles. The Morgan fingerprint density at radius 1 is 1.20 bits per heavy atom. The standard InChI is InChI=1S/C18H16N4O2S/c1-13-3-5-15(17-6-4-14(10-19)11-20-17)9-18(13)21-25(23,24)16-7-8-22(2)12-16/h3-9,11-12,21H,1-2H3. The van der Waals surface area contributed by atoms with Crippen molar-refractivity contribution < 1.29 is 8.42 Å². The Morgan fingerprint density at radius 3 is 2.60 bits per heavy atom. The number of benzene rings is 1. The second-order valence-electron chi connectivity index (χ2n) is 5.69. The molecule has 0 spiro atoms. The molecule has 1 N–H and O–H groups in total. The molecule has 0 saturated heterocycles. The molecular formula is C18H16N4O2S. The number of anilines is 1. The maximum Gasteiger partial charge on any atom is 0.263 e. The predicted octanol–water partition coefficient (Wildman–Crippen LogP) is 3.07. The quantitative estimate of drug-likeness (QED) is 0.781. The number of nitrogens with zero attached hydrogens (tertiary/aromatic N) is 3. The number of nitrogens with one attached hydrogen (secondary N) is 1. The van der Waals surface area contributed by atoms with E-state index in [2.05, 4.69) is 9.71 Å². The highest BCUT2D eigenvalue weighted by Gasteiger charge is 2.17. The summed E-state index contributed by atoms with van der Waals surface area (Å²) >= 11 is 0. The number of aryl methyl sites for hydroxylation is 2. The summed E-state index contributed by atoms with van der Waals surface area (Å²) in [6.45, 7) is 1.83. The van der Waals surface area contributed by atoms with E-state index in [1.54, 1.807) is 48.3 Å². The zero-order chi connectivity index (χ0) is 18.0. The van der Waals surface area contributed by atoms with Crippen LogP contribution in [0.15, 0.2) is 59.9 Å². The molecule has 0 aliphatic rings. The van der Waals surface area contributed by atoms with Gasteiger partial charge in [0.2, 0.25) is 0 Å². The minimum Gasteiger partial charge on any atom is -0.356 e. The second kappa shape index (κ2) is 6.42. The van der Waals surface area contributed by atoms with Crippen LogP contribution < -0.4 is 4.72 Å². The minimum atomic E-state index is -3.66. The van der Waals surface area contributed by atoms with Gasteiger partial charge in [-0.15, -0.1) is 0 Å². The van der Waals surface area contributed by atoms with Gasteiger partial charge in [-0.2, -0.15) is 5.26 Å². The number of hydrogen-bond acceptors (Lipinski definition) is 4. The number of aromatic nitrogens is 2. The molecule has 126 valence electrons. The van der Waals surface area contributed by atoms with Crippen LogP contribution in [-0.2, 0) is 17.1 Å². The zero-order valence-electron chi connectivity index (χ0n) is 13.8. The van der Waals surface area contributed by atoms with Crippen LogP contribution in [0, 0.1) is 18.3 Å². The van der Waals surface area contributed by atoms with E-state index in [9.17, 15) is 8.42 Å². The van der Waals surface area contributed by atoms with E-state index in [-0.39, 0.29) is 4.90 Å². The molecule has 7 heteroatoms. The third kappa shape index (κ3) is 3.54. The number of nitriles is 1. The first-order valence-electron chi connectivity index (χ1n) is 7.51. The van der Waals surface area contributed by atoms with Crippen LogP contribution in [0.1, 0.15) is 11.1 Å². The average molecular weight is 352 g/mol. The summed E-state index contributed by atoms with van der Waals surface area (Å²) < 4.78 is 29.4. The molecule has 0 radical (unpaired) electrons. The maximum absolute atomic E-state index is 12.5. The number of pyridine rings is 1. The maximum atomic E-state index is 12.5. The van der Waals surface area contributed by atoms with E-state index >= 15 is 0 Å². The fourth-order valence-electron chi connectivity index (χ4n) is 2.36. The molecule has 0 saturated carbocycles. The van der Waals surface area contributed by atoms with Crippen molar-refractivity contribution in [3.63, 3.8) is 0 Å². The van der Waals surface area contributed by atoms with E-state index in [1.807, 2.05) is 25.1 Å². The topological polar surface area (TPSA) is 87.8 Å². The Kier molecular flexibility index (Phi) is 4.30. The van der Waals surface area contributed by atoms with Crippen LogP contribution in [0.5, 0.6) is 0 Å². The molecule has 2 heterocycles. The van der Waals surface area contributed by atoms with Gasteiger partial charge in [-0.25, -0.2) is 8.42 Å². The molecule has 6 nitrogen and oxygen atoms in total. The minimum absolute atomic E-state index is 0.205. The molecule has 25 heavy (non-hydrogen) atoms. The lowest BCUT2D eigenvalue weighted by Gasteiger charge is -2.11. The van der Waals surface area contributed by atoms with Gasteiger partial charge < -0.3 is 4.57 Å². The normalized spacial score (nSPS) is 11.1. The highest BCUT2D eigenvalue weighted by Crippen LogP contribution is 2.26. The van der Waals surface area contributed by atoms with Gasteiger partial charge in [0.05, 0.1) is 16.9 Å². The number of sulfonamides is 1. The van der Waals surface area contributed by atoms with Gasteiger partial charge in [0.25, 0.3) is 10.0 Å². The van der Waals surface area contributed by atoms with E-state index < -0.39 is 10.0 Å². The van der Waals surface area contributed by atoms with Gasteiger partial charge >= 0.3 is 0 Å². The fraction of sp³-hybridized carbons (Fsp3) is 0.111. The molecule has 0 unspecified atom stereocenters. The summed E-state index contributed by atoms with van der Waals surface area (Å²) in [7, 11) is -1.89. The molecule has 0 aliphatic carbocycles. The van der Waals surface area contributed by atoms with Crippen molar-refractivity contribution in [2.45, 2.75) is 11.8 Å². The van der Waals surface area contributed by atoms with Gasteiger partial charge in [0.1, 0.15) is 11.0 Å². The Balaban J connectivity index is 1.95. The van der Waals surface area contributed by atoms with Crippen LogP contribution in [0.3, 0.4) is 0 Å². The Hall–Kier alpha value is -3.11. The smallest absolute Gasteiger partial charge is 0.263 e. The zero-order valence-corrected chi connectivity index (χ0v) is 14.6. The third-order valence-corrected chi connectivity index (χ3v) is 5.14. The Bertz CT molecular complexity index is 1060. The molecule has 0 bridgehead atoms. The summed E-state index contributed by atoms with van der Waals surface area (Å²) in [6.07, 6.45) is 4.71. The summed E-state index contributed by atoms with van der Waals surface area (Å²) in [5.74, 6) is 0. The van der Waals surface area contributed by atoms with Crippen molar-refractivity contribution in [3.05, 3.63) is 66.1 Å². The predicted molar refractivity (Wildman–Crippen MR) is 95.3 cm³/mol. The van der Waals surface area contributed by atoms with Crippen LogP contribution in [0.4, 0.5) is 5.69 Å². The van der Waals surface area contributed by atoms with Gasteiger partial charge in [0, 0.05) is 31.2 Å². The summed E-state index contributed by atoms with van der Waals surface area (Å²) in [5.41, 5.74) is 3.20. The molecular weight excluding hydrogens is 336 g/mol. The van der Waals surface area contributed by atoms with Gasteiger partial charge in [-0.05, 0) is 36.8 Å². The number of hydrogen-bond donors (Lipinski definition) is 1. The Morgan fingerprint density at radius 2 is 2.00 bits per heavy atom. The van der Waals surface area contributed by atoms with Crippen LogP contribution in [0.25, 0.3) is 11.3 Å². The lowest BCUT2D eigenvalue weighted by Crippen LogP contribution is -2.13.